The number of carbonyl (C=O) groups is 1. The van der Waals surface area contributed by atoms with Crippen molar-refractivity contribution in [3.8, 4) is 5.69 Å². The summed E-state index contributed by atoms with van der Waals surface area (Å²) in [7, 11) is 0. The molecule has 0 amide bonds. The number of hydrogen-bond donors (Lipinski definition) is 2. The smallest absolute Gasteiger partial charge is 0.317 e. The number of aryl methyl sites for hydroxylation is 2. The zero-order valence-corrected chi connectivity index (χ0v) is 17.2. The number of carboxylic acids is 1. The molecule has 0 saturated carbocycles. The largest absolute Gasteiger partial charge is 0.480 e. The highest BCUT2D eigenvalue weighted by atomic mass is 32.2. The summed E-state index contributed by atoms with van der Waals surface area (Å²) >= 11 is 1.11. The second kappa shape index (κ2) is 7.40. The normalized spacial score (nSPS) is 12.5. The van der Waals surface area contributed by atoms with Crippen molar-refractivity contribution in [2.45, 2.75) is 37.6 Å². The van der Waals surface area contributed by atoms with Gasteiger partial charge in [-0.3, -0.25) is 14.2 Å². The number of aromatic nitrogens is 3. The minimum Gasteiger partial charge on any atom is -0.480 e. The Morgan fingerprint density at radius 3 is 2.72 bits per heavy atom. The summed E-state index contributed by atoms with van der Waals surface area (Å²) in [5, 5.41) is 10.1. The van der Waals surface area contributed by atoms with E-state index in [1.807, 2.05) is 63.2 Å². The zero-order valence-electron chi connectivity index (χ0n) is 16.4. The maximum Gasteiger partial charge on any atom is 0.317 e. The van der Waals surface area contributed by atoms with Crippen LogP contribution in [0.1, 0.15) is 24.5 Å². The molecule has 0 bridgehead atoms. The lowest BCUT2D eigenvalue weighted by Crippen LogP contribution is -2.25. The van der Waals surface area contributed by atoms with Crippen molar-refractivity contribution in [2.75, 3.05) is 0 Å². The lowest BCUT2D eigenvalue weighted by Gasteiger charge is -2.17. The molecule has 29 heavy (non-hydrogen) atoms. The molecule has 2 N–H and O–H groups in total. The van der Waals surface area contributed by atoms with Crippen LogP contribution in [-0.4, -0.2) is 30.9 Å². The van der Waals surface area contributed by atoms with Crippen molar-refractivity contribution in [3.63, 3.8) is 0 Å². The van der Waals surface area contributed by atoms with Crippen molar-refractivity contribution >= 4 is 39.7 Å². The number of aromatic amines is 1. The lowest BCUT2D eigenvalue weighted by atomic mass is 10.1. The maximum atomic E-state index is 13.6. The summed E-state index contributed by atoms with van der Waals surface area (Å²) in [6, 6.07) is 13.5. The van der Waals surface area contributed by atoms with E-state index in [0.29, 0.717) is 28.3 Å². The first-order valence-corrected chi connectivity index (χ1v) is 10.3. The highest BCUT2D eigenvalue weighted by Crippen LogP contribution is 2.30. The van der Waals surface area contributed by atoms with Gasteiger partial charge in [0, 0.05) is 10.9 Å². The number of carboxylic acid groups (broad SMARTS) is 1. The molecule has 0 fully saturated rings. The van der Waals surface area contributed by atoms with Crippen LogP contribution in [-0.2, 0) is 4.79 Å². The van der Waals surface area contributed by atoms with Gasteiger partial charge in [0.1, 0.15) is 16.3 Å². The lowest BCUT2D eigenvalue weighted by molar-refractivity contribution is -0.136. The Morgan fingerprint density at radius 1 is 1.24 bits per heavy atom. The molecule has 2 aromatic carbocycles. The molecule has 2 heterocycles. The number of benzene rings is 2. The van der Waals surface area contributed by atoms with E-state index in [4.69, 9.17) is 4.98 Å². The van der Waals surface area contributed by atoms with Gasteiger partial charge in [-0.25, -0.2) is 4.98 Å². The predicted octanol–water partition coefficient (Wildman–Crippen LogP) is 4.44. The fraction of sp³-hybridized carbons (Fsp3) is 0.227. The van der Waals surface area contributed by atoms with E-state index in [1.165, 1.54) is 4.57 Å². The highest BCUT2D eigenvalue weighted by molar-refractivity contribution is 8.00. The van der Waals surface area contributed by atoms with Crippen LogP contribution < -0.4 is 5.56 Å². The Bertz CT molecular complexity index is 1310. The predicted molar refractivity (Wildman–Crippen MR) is 116 cm³/mol. The molecular weight excluding hydrogens is 386 g/mol. The monoisotopic (exact) mass is 407 g/mol. The average molecular weight is 407 g/mol. The Kier molecular flexibility index (Phi) is 4.92. The van der Waals surface area contributed by atoms with Crippen LogP contribution in [0, 0.1) is 13.8 Å². The van der Waals surface area contributed by atoms with Gasteiger partial charge in [-0.1, -0.05) is 49.0 Å². The summed E-state index contributed by atoms with van der Waals surface area (Å²) in [5.41, 5.74) is 4.21. The molecule has 1 atom stereocenters. The summed E-state index contributed by atoms with van der Waals surface area (Å²) in [4.78, 5) is 33.2. The molecule has 1 unspecified atom stereocenters. The number of thioether (sulfide) groups is 1. The molecule has 0 spiro atoms. The van der Waals surface area contributed by atoms with Crippen LogP contribution in [0.15, 0.2) is 52.4 Å². The first kappa shape index (κ1) is 19.3. The number of aliphatic carboxylic acids is 1. The van der Waals surface area contributed by atoms with Crippen molar-refractivity contribution in [3.05, 3.63) is 63.9 Å². The first-order valence-electron chi connectivity index (χ1n) is 9.41. The van der Waals surface area contributed by atoms with Gasteiger partial charge in [0.25, 0.3) is 5.56 Å². The molecule has 6 nitrogen and oxygen atoms in total. The van der Waals surface area contributed by atoms with Crippen LogP contribution >= 0.6 is 11.8 Å². The van der Waals surface area contributed by atoms with Crippen LogP contribution in [0.25, 0.3) is 27.6 Å². The van der Waals surface area contributed by atoms with Crippen LogP contribution in [0.4, 0.5) is 0 Å². The van der Waals surface area contributed by atoms with E-state index in [-0.39, 0.29) is 5.56 Å². The number of fused-ring (bicyclic) bond motifs is 3. The minimum atomic E-state index is -0.918. The van der Waals surface area contributed by atoms with Gasteiger partial charge in [0.05, 0.1) is 5.69 Å². The summed E-state index contributed by atoms with van der Waals surface area (Å²) in [6.45, 7) is 5.71. The van der Waals surface area contributed by atoms with Crippen LogP contribution in [0.3, 0.4) is 0 Å². The van der Waals surface area contributed by atoms with Gasteiger partial charge >= 0.3 is 5.97 Å². The average Bonchev–Trinajstić information content (AvgIpc) is 3.07. The molecule has 0 aliphatic carbocycles. The summed E-state index contributed by atoms with van der Waals surface area (Å²) in [6.07, 6.45) is 0.425. The Morgan fingerprint density at radius 2 is 2.00 bits per heavy atom. The Hall–Kier alpha value is -3.06. The third-order valence-electron chi connectivity index (χ3n) is 4.99. The van der Waals surface area contributed by atoms with E-state index >= 15 is 0 Å². The van der Waals surface area contributed by atoms with Gasteiger partial charge in [0.2, 0.25) is 0 Å². The van der Waals surface area contributed by atoms with Gasteiger partial charge in [-0.2, -0.15) is 0 Å². The number of para-hydroxylation sites is 1. The number of nitrogens with zero attached hydrogens (tertiary/aromatic N) is 2. The first-order chi connectivity index (χ1) is 13.9. The number of H-pyrrole nitrogens is 1. The van der Waals surface area contributed by atoms with Crippen molar-refractivity contribution < 1.29 is 9.90 Å². The quantitative estimate of drug-likeness (QED) is 0.377. The topological polar surface area (TPSA) is 88.0 Å². The molecule has 148 valence electrons. The van der Waals surface area contributed by atoms with Gasteiger partial charge in [-0.05, 0) is 43.5 Å². The fourth-order valence-electron chi connectivity index (χ4n) is 3.43. The molecular formula is C22H21N3O3S. The van der Waals surface area contributed by atoms with E-state index in [2.05, 4.69) is 4.98 Å². The van der Waals surface area contributed by atoms with E-state index in [9.17, 15) is 14.7 Å². The van der Waals surface area contributed by atoms with E-state index in [1.54, 1.807) is 0 Å². The second-order valence-corrected chi connectivity index (χ2v) is 8.24. The van der Waals surface area contributed by atoms with Crippen molar-refractivity contribution in [1.82, 2.24) is 14.5 Å². The number of hydrogen-bond acceptors (Lipinski definition) is 4. The number of rotatable bonds is 5. The fourth-order valence-corrected chi connectivity index (χ4v) is 4.38. The maximum absolute atomic E-state index is 13.6. The molecule has 4 rings (SSSR count). The Balaban J connectivity index is 2.08. The van der Waals surface area contributed by atoms with E-state index < -0.39 is 11.2 Å². The van der Waals surface area contributed by atoms with Crippen molar-refractivity contribution in [2.24, 2.45) is 0 Å². The molecule has 0 radical (unpaired) electrons. The molecule has 0 aliphatic heterocycles. The van der Waals surface area contributed by atoms with Gasteiger partial charge < -0.3 is 10.1 Å². The zero-order chi connectivity index (χ0) is 20.7. The standard InChI is InChI=1S/C22H21N3O3S/c1-4-17(21(27)28)29-22-24-18-14-7-5-6-8-15(14)23-19(18)20(26)25(22)16-11-12(2)9-10-13(16)3/h5-11,17,23H,4H2,1-3H3,(H,27,28). The molecule has 0 saturated heterocycles. The SMILES string of the molecule is CCC(Sc1nc2c([nH]c3ccccc32)c(=O)n1-c1cc(C)ccc1C)C(=O)O. The molecule has 4 aromatic rings. The number of nitrogens with one attached hydrogen (secondary N) is 1. The third kappa shape index (κ3) is 3.31. The summed E-state index contributed by atoms with van der Waals surface area (Å²) in [5.74, 6) is -0.918. The third-order valence-corrected chi connectivity index (χ3v) is 6.30. The molecule has 7 heteroatoms. The van der Waals surface area contributed by atoms with Gasteiger partial charge in [0.15, 0.2) is 5.16 Å². The summed E-state index contributed by atoms with van der Waals surface area (Å²) < 4.78 is 1.54. The molecule has 2 aromatic heterocycles. The van der Waals surface area contributed by atoms with Gasteiger partial charge in [-0.15, -0.1) is 0 Å². The highest BCUT2D eigenvalue weighted by Gasteiger charge is 2.24. The van der Waals surface area contributed by atoms with Crippen LogP contribution in [0.5, 0.6) is 0 Å². The van der Waals surface area contributed by atoms with E-state index in [0.717, 1.165) is 33.8 Å². The Labute approximate surface area is 171 Å². The molecule has 0 aliphatic rings. The van der Waals surface area contributed by atoms with Crippen molar-refractivity contribution in [1.29, 1.82) is 0 Å². The second-order valence-electron chi connectivity index (χ2n) is 7.07. The minimum absolute atomic E-state index is 0.234. The van der Waals surface area contributed by atoms with Crippen LogP contribution in [0.2, 0.25) is 0 Å².